The molecular weight excluding hydrogens is 258 g/mol. The molecule has 0 aliphatic heterocycles. The maximum Gasteiger partial charge on any atom is 0.0505 e. The van der Waals surface area contributed by atoms with Gasteiger partial charge >= 0.3 is 0 Å². The van der Waals surface area contributed by atoms with Crippen molar-refractivity contribution in [2.24, 2.45) is 5.73 Å². The molecule has 0 radical (unpaired) electrons. The molecule has 0 amide bonds. The van der Waals surface area contributed by atoms with Crippen LogP contribution in [-0.4, -0.2) is 0 Å². The predicted octanol–water partition coefficient (Wildman–Crippen LogP) is 3.73. The Morgan fingerprint density at radius 2 is 2.14 bits per heavy atom. The van der Waals surface area contributed by atoms with Gasteiger partial charge in [-0.25, -0.2) is 0 Å². The molecule has 2 fully saturated rings. The van der Waals surface area contributed by atoms with E-state index >= 15 is 0 Å². The largest absolute Gasteiger partial charge is 0.321 e. The number of rotatable bonds is 2. The van der Waals surface area contributed by atoms with E-state index in [4.69, 9.17) is 5.73 Å². The highest BCUT2D eigenvalue weighted by molar-refractivity contribution is 9.10. The third kappa shape index (κ3) is 1.37. The molecule has 14 heavy (non-hydrogen) atoms. The number of halogens is 1. The molecule has 0 saturated heterocycles. The van der Waals surface area contributed by atoms with Crippen LogP contribution >= 0.6 is 27.3 Å². The fraction of sp³-hybridized carbons (Fsp3) is 0.636. The van der Waals surface area contributed by atoms with Crippen LogP contribution in [0.15, 0.2) is 10.5 Å². The minimum absolute atomic E-state index is 0.0508. The van der Waals surface area contributed by atoms with Crippen LogP contribution < -0.4 is 5.73 Å². The minimum atomic E-state index is 0.0508. The van der Waals surface area contributed by atoms with Crippen molar-refractivity contribution in [3.8, 4) is 0 Å². The summed E-state index contributed by atoms with van der Waals surface area (Å²) in [7, 11) is 0. The predicted molar refractivity (Wildman–Crippen MR) is 63.7 cm³/mol. The van der Waals surface area contributed by atoms with E-state index in [1.807, 2.05) is 11.3 Å². The molecule has 2 N–H and O–H groups in total. The fourth-order valence-electron chi connectivity index (χ4n) is 1.96. The lowest BCUT2D eigenvalue weighted by Crippen LogP contribution is -2.16. The van der Waals surface area contributed by atoms with Crippen LogP contribution in [0.1, 0.15) is 47.8 Å². The van der Waals surface area contributed by atoms with Gasteiger partial charge in [-0.1, -0.05) is 6.42 Å². The van der Waals surface area contributed by atoms with Gasteiger partial charge in [0.25, 0.3) is 0 Å². The van der Waals surface area contributed by atoms with Crippen LogP contribution in [0.4, 0.5) is 0 Å². The van der Waals surface area contributed by atoms with Crippen LogP contribution in [0, 0.1) is 0 Å². The second-order valence-electron chi connectivity index (χ2n) is 4.61. The zero-order valence-corrected chi connectivity index (χ0v) is 10.5. The van der Waals surface area contributed by atoms with Crippen LogP contribution in [0.5, 0.6) is 0 Å². The van der Waals surface area contributed by atoms with Crippen molar-refractivity contribution < 1.29 is 0 Å². The minimum Gasteiger partial charge on any atom is -0.321 e. The first-order chi connectivity index (χ1) is 6.69. The van der Waals surface area contributed by atoms with Crippen molar-refractivity contribution in [3.63, 3.8) is 0 Å². The van der Waals surface area contributed by atoms with E-state index in [0.717, 1.165) is 5.92 Å². The maximum absolute atomic E-state index is 6.20. The molecule has 1 aromatic heterocycles. The van der Waals surface area contributed by atoms with Gasteiger partial charge in [0.2, 0.25) is 0 Å². The molecular formula is C11H14BrNS. The van der Waals surface area contributed by atoms with Gasteiger partial charge < -0.3 is 5.73 Å². The molecule has 3 heteroatoms. The second kappa shape index (κ2) is 3.06. The highest BCUT2D eigenvalue weighted by Gasteiger charge is 2.42. The first-order valence-corrected chi connectivity index (χ1v) is 6.89. The van der Waals surface area contributed by atoms with Crippen LogP contribution in [0.25, 0.3) is 0 Å². The van der Waals surface area contributed by atoms with Gasteiger partial charge in [-0.3, -0.25) is 0 Å². The number of hydrogen-bond donors (Lipinski definition) is 1. The monoisotopic (exact) mass is 271 g/mol. The zero-order chi connectivity index (χ0) is 9.76. The van der Waals surface area contributed by atoms with Gasteiger partial charge in [-0.15, -0.1) is 11.3 Å². The van der Waals surface area contributed by atoms with E-state index in [9.17, 15) is 0 Å². The number of thiophene rings is 1. The highest BCUT2D eigenvalue weighted by atomic mass is 79.9. The van der Waals surface area contributed by atoms with Gasteiger partial charge in [0.15, 0.2) is 0 Å². The number of nitrogens with two attached hydrogens (primary N) is 1. The smallest absolute Gasteiger partial charge is 0.0505 e. The van der Waals surface area contributed by atoms with Crippen molar-refractivity contribution >= 4 is 27.3 Å². The summed E-state index contributed by atoms with van der Waals surface area (Å²) in [5.41, 5.74) is 6.25. The van der Waals surface area contributed by atoms with E-state index in [-0.39, 0.29) is 5.54 Å². The van der Waals surface area contributed by atoms with Crippen molar-refractivity contribution in [1.82, 2.24) is 0 Å². The Bertz CT molecular complexity index is 363. The summed E-state index contributed by atoms with van der Waals surface area (Å²) in [6.45, 7) is 0. The Labute approximate surface area is 96.8 Å². The zero-order valence-electron chi connectivity index (χ0n) is 8.05. The SMILES string of the molecule is NC1(c2cc(Br)c(C3CCC3)s2)CC1. The fourth-order valence-corrected chi connectivity index (χ4v) is 4.28. The molecule has 1 nitrogen and oxygen atoms in total. The first-order valence-electron chi connectivity index (χ1n) is 5.28. The molecule has 0 aromatic carbocycles. The standard InChI is InChI=1S/C11H14BrNS/c12-8-6-9(11(13)4-5-11)14-10(8)7-2-1-3-7/h6-7H,1-5,13H2. The molecule has 0 spiro atoms. The van der Waals surface area contributed by atoms with Crippen LogP contribution in [0.3, 0.4) is 0 Å². The molecule has 1 heterocycles. The summed E-state index contributed by atoms with van der Waals surface area (Å²) in [6, 6.07) is 2.26. The lowest BCUT2D eigenvalue weighted by atomic mass is 9.84. The molecule has 0 unspecified atom stereocenters. The average molecular weight is 272 g/mol. The van der Waals surface area contributed by atoms with Crippen molar-refractivity contribution in [1.29, 1.82) is 0 Å². The third-order valence-corrected chi connectivity index (χ3v) is 5.90. The van der Waals surface area contributed by atoms with Gasteiger partial charge in [0.1, 0.15) is 0 Å². The van der Waals surface area contributed by atoms with Crippen molar-refractivity contribution in [2.45, 2.75) is 43.6 Å². The summed E-state index contributed by atoms with van der Waals surface area (Å²) in [4.78, 5) is 2.94. The summed E-state index contributed by atoms with van der Waals surface area (Å²) in [5.74, 6) is 0.825. The lowest BCUT2D eigenvalue weighted by molar-refractivity contribution is 0.424. The van der Waals surface area contributed by atoms with Crippen molar-refractivity contribution in [2.75, 3.05) is 0 Å². The molecule has 2 aliphatic rings. The Kier molecular flexibility index (Phi) is 2.05. The Morgan fingerprint density at radius 1 is 1.43 bits per heavy atom. The summed E-state index contributed by atoms with van der Waals surface area (Å²) >= 11 is 5.61. The Hall–Kier alpha value is 0.140. The summed E-state index contributed by atoms with van der Waals surface area (Å²) in [5, 5.41) is 0. The Balaban J connectivity index is 1.93. The van der Waals surface area contributed by atoms with Crippen LogP contribution in [0.2, 0.25) is 0 Å². The third-order valence-electron chi connectivity index (χ3n) is 3.47. The molecule has 2 aliphatic carbocycles. The quantitative estimate of drug-likeness (QED) is 0.872. The molecule has 0 bridgehead atoms. The van der Waals surface area contributed by atoms with E-state index in [2.05, 4.69) is 22.0 Å². The summed E-state index contributed by atoms with van der Waals surface area (Å²) in [6.07, 6.45) is 6.48. The molecule has 76 valence electrons. The summed E-state index contributed by atoms with van der Waals surface area (Å²) < 4.78 is 1.30. The van der Waals surface area contributed by atoms with E-state index < -0.39 is 0 Å². The Morgan fingerprint density at radius 3 is 2.64 bits per heavy atom. The first kappa shape index (κ1) is 9.37. The lowest BCUT2D eigenvalue weighted by Gasteiger charge is -2.24. The van der Waals surface area contributed by atoms with E-state index in [0.29, 0.717) is 0 Å². The molecule has 0 atom stereocenters. The molecule has 3 rings (SSSR count). The second-order valence-corrected chi connectivity index (χ2v) is 6.54. The van der Waals surface area contributed by atoms with Crippen LogP contribution in [-0.2, 0) is 5.54 Å². The highest BCUT2D eigenvalue weighted by Crippen LogP contribution is 2.51. The molecule has 2 saturated carbocycles. The normalized spacial score (nSPS) is 24.7. The van der Waals surface area contributed by atoms with Gasteiger partial charge in [0.05, 0.1) is 5.54 Å². The van der Waals surface area contributed by atoms with E-state index in [1.54, 1.807) is 4.88 Å². The molecule has 1 aromatic rings. The van der Waals surface area contributed by atoms with E-state index in [1.165, 1.54) is 41.5 Å². The van der Waals surface area contributed by atoms with Gasteiger partial charge in [-0.2, -0.15) is 0 Å². The van der Waals surface area contributed by atoms with Crippen molar-refractivity contribution in [3.05, 3.63) is 20.3 Å². The maximum atomic E-state index is 6.20. The van der Waals surface area contributed by atoms with Gasteiger partial charge in [-0.05, 0) is 53.6 Å². The topological polar surface area (TPSA) is 26.0 Å². The average Bonchev–Trinajstić information content (AvgIpc) is 2.68. The van der Waals surface area contributed by atoms with Gasteiger partial charge in [0, 0.05) is 14.2 Å². The number of hydrogen-bond acceptors (Lipinski definition) is 2.